The molecule has 0 saturated heterocycles. The number of benzene rings is 2. The number of β-amino-alcohol motifs (C(OH)–C–C–N with tert-alkyl or cyclic N) is 1. The Bertz CT molecular complexity index is 1050. The molecule has 1 atom stereocenters. The summed E-state index contributed by atoms with van der Waals surface area (Å²) in [6.07, 6.45) is 1.35. The summed E-state index contributed by atoms with van der Waals surface area (Å²) in [5.41, 5.74) is 5.63. The van der Waals surface area contributed by atoms with Gasteiger partial charge in [0.2, 0.25) is 0 Å². The summed E-state index contributed by atoms with van der Waals surface area (Å²) in [7, 11) is 3.24. The topological polar surface area (TPSA) is 77.8 Å². The van der Waals surface area contributed by atoms with Crippen LogP contribution in [0.5, 0.6) is 11.5 Å². The van der Waals surface area contributed by atoms with Crippen molar-refractivity contribution in [2.45, 2.75) is 25.5 Å². The van der Waals surface area contributed by atoms with Crippen LogP contribution in [-0.4, -0.2) is 55.7 Å². The van der Waals surface area contributed by atoms with Crippen molar-refractivity contribution >= 4 is 17.5 Å². The smallest absolute Gasteiger partial charge is 0.161 e. The Balaban J connectivity index is 1.44. The highest BCUT2D eigenvalue weighted by molar-refractivity contribution is 8.03. The first-order valence-corrected chi connectivity index (χ1v) is 11.8. The van der Waals surface area contributed by atoms with Crippen molar-refractivity contribution in [1.82, 2.24) is 10.2 Å². The number of hydrogen-bond acceptors (Lipinski definition) is 7. The van der Waals surface area contributed by atoms with Gasteiger partial charge in [0, 0.05) is 37.5 Å². The molecule has 0 aromatic heterocycles. The van der Waals surface area contributed by atoms with Crippen molar-refractivity contribution in [3.8, 4) is 17.6 Å². The highest BCUT2D eigenvalue weighted by Gasteiger charge is 2.23. The van der Waals surface area contributed by atoms with Gasteiger partial charge in [0.15, 0.2) is 11.5 Å². The van der Waals surface area contributed by atoms with Crippen LogP contribution in [0.25, 0.3) is 5.70 Å². The van der Waals surface area contributed by atoms with Gasteiger partial charge in [-0.05, 0) is 41.7 Å². The van der Waals surface area contributed by atoms with E-state index in [4.69, 9.17) is 9.47 Å². The number of nitrogens with zero attached hydrogens (tertiary/aromatic N) is 2. The largest absolute Gasteiger partial charge is 0.493 e. The Morgan fingerprint density at radius 1 is 1.16 bits per heavy atom. The lowest BCUT2D eigenvalue weighted by Crippen LogP contribution is -2.37. The summed E-state index contributed by atoms with van der Waals surface area (Å²) < 4.78 is 10.9. The summed E-state index contributed by atoms with van der Waals surface area (Å²) in [5, 5.41) is 23.9. The minimum absolute atomic E-state index is 0.467. The zero-order valence-corrected chi connectivity index (χ0v) is 19.4. The van der Waals surface area contributed by atoms with Crippen LogP contribution in [-0.2, 0) is 19.4 Å². The molecule has 2 heterocycles. The Kier molecular flexibility index (Phi) is 7.26. The van der Waals surface area contributed by atoms with E-state index in [2.05, 4.69) is 40.6 Å². The Hall–Kier alpha value is -2.66. The van der Waals surface area contributed by atoms with Gasteiger partial charge >= 0.3 is 0 Å². The molecule has 0 fully saturated rings. The molecule has 6 nitrogen and oxygen atoms in total. The second-order valence-electron chi connectivity index (χ2n) is 8.08. The van der Waals surface area contributed by atoms with E-state index in [-0.39, 0.29) is 0 Å². The maximum atomic E-state index is 10.7. The standard InChI is InChI=1S/C25H29N3O3S/c1-30-22-11-18-7-9-27-25(21(18)12-23(22)31-2)24(13-26)32-16-20(29)15-28-10-8-17-5-3-4-6-19(17)14-28/h3-6,11-12,20,27,29H,7-10,14-16H2,1-2H3. The van der Waals surface area contributed by atoms with Crippen LogP contribution < -0.4 is 14.8 Å². The highest BCUT2D eigenvalue weighted by Crippen LogP contribution is 2.37. The van der Waals surface area contributed by atoms with Crippen molar-refractivity contribution in [1.29, 1.82) is 5.26 Å². The van der Waals surface area contributed by atoms with E-state index in [0.29, 0.717) is 28.7 Å². The molecule has 7 heteroatoms. The highest BCUT2D eigenvalue weighted by atomic mass is 32.2. The first-order chi connectivity index (χ1) is 15.6. The normalized spacial score (nSPS) is 17.9. The first kappa shape index (κ1) is 22.5. The van der Waals surface area contributed by atoms with Gasteiger partial charge in [0.25, 0.3) is 0 Å². The first-order valence-electron chi connectivity index (χ1n) is 10.9. The van der Waals surface area contributed by atoms with E-state index in [1.165, 1.54) is 22.9 Å². The second kappa shape index (κ2) is 10.3. The lowest BCUT2D eigenvalue weighted by atomic mass is 9.97. The monoisotopic (exact) mass is 451 g/mol. The fourth-order valence-electron chi connectivity index (χ4n) is 4.38. The van der Waals surface area contributed by atoms with E-state index in [9.17, 15) is 10.4 Å². The zero-order valence-electron chi connectivity index (χ0n) is 18.6. The van der Waals surface area contributed by atoms with Gasteiger partial charge in [0.05, 0.1) is 26.0 Å². The number of nitrogens with one attached hydrogen (secondary N) is 1. The average molecular weight is 452 g/mol. The molecule has 32 heavy (non-hydrogen) atoms. The molecular weight excluding hydrogens is 422 g/mol. The van der Waals surface area contributed by atoms with E-state index in [0.717, 1.165) is 49.3 Å². The van der Waals surface area contributed by atoms with Crippen molar-refractivity contribution in [2.24, 2.45) is 0 Å². The zero-order chi connectivity index (χ0) is 22.5. The van der Waals surface area contributed by atoms with Crippen LogP contribution in [0.2, 0.25) is 0 Å². The van der Waals surface area contributed by atoms with Gasteiger partial charge < -0.3 is 19.9 Å². The molecule has 2 aromatic rings. The number of thioether (sulfide) groups is 1. The lowest BCUT2D eigenvalue weighted by Gasteiger charge is -2.30. The Morgan fingerprint density at radius 3 is 2.66 bits per heavy atom. The van der Waals surface area contributed by atoms with Crippen LogP contribution in [0.4, 0.5) is 0 Å². The van der Waals surface area contributed by atoms with Crippen LogP contribution in [0.1, 0.15) is 22.3 Å². The van der Waals surface area contributed by atoms with Gasteiger partial charge in [-0.1, -0.05) is 24.3 Å². The van der Waals surface area contributed by atoms with E-state index in [1.54, 1.807) is 14.2 Å². The molecule has 0 bridgehead atoms. The SMILES string of the molecule is COc1cc2c(cc1OC)C(=C(C#N)SCC(O)CN1CCc3ccccc3C1)NCC2. The van der Waals surface area contributed by atoms with Crippen LogP contribution in [0.3, 0.4) is 0 Å². The molecule has 0 aliphatic carbocycles. The summed E-state index contributed by atoms with van der Waals surface area (Å²) in [4.78, 5) is 2.87. The molecule has 0 saturated carbocycles. The molecule has 0 spiro atoms. The van der Waals surface area contributed by atoms with Gasteiger partial charge in [-0.15, -0.1) is 11.8 Å². The summed E-state index contributed by atoms with van der Waals surface area (Å²) in [6.45, 7) is 3.16. The molecule has 1 unspecified atom stereocenters. The average Bonchev–Trinajstić information content (AvgIpc) is 2.83. The number of ether oxygens (including phenoxy) is 2. The fraction of sp³-hybridized carbons (Fsp3) is 0.400. The summed E-state index contributed by atoms with van der Waals surface area (Å²) >= 11 is 1.40. The number of hydrogen-bond donors (Lipinski definition) is 2. The van der Waals surface area contributed by atoms with Crippen LogP contribution in [0.15, 0.2) is 41.3 Å². The third-order valence-electron chi connectivity index (χ3n) is 6.00. The molecule has 0 radical (unpaired) electrons. The molecule has 2 aliphatic heterocycles. The van der Waals surface area contributed by atoms with Crippen LogP contribution in [0, 0.1) is 11.3 Å². The fourth-order valence-corrected chi connectivity index (χ4v) is 5.24. The molecule has 168 valence electrons. The van der Waals surface area contributed by atoms with Crippen LogP contribution >= 0.6 is 11.8 Å². The van der Waals surface area contributed by atoms with E-state index in [1.807, 2.05) is 12.1 Å². The van der Waals surface area contributed by atoms with E-state index < -0.39 is 6.10 Å². The van der Waals surface area contributed by atoms with Crippen molar-refractivity contribution < 1.29 is 14.6 Å². The Labute approximate surface area is 193 Å². The number of methoxy groups -OCH3 is 2. The summed E-state index contributed by atoms with van der Waals surface area (Å²) in [5.74, 6) is 1.80. The number of nitriles is 1. The van der Waals surface area contributed by atoms with Gasteiger partial charge in [-0.2, -0.15) is 5.26 Å². The summed E-state index contributed by atoms with van der Waals surface area (Å²) in [6, 6.07) is 14.7. The maximum Gasteiger partial charge on any atom is 0.161 e. The number of allylic oxidation sites excluding steroid dienone is 1. The van der Waals surface area contributed by atoms with Gasteiger partial charge in [0.1, 0.15) is 11.0 Å². The number of fused-ring (bicyclic) bond motifs is 2. The van der Waals surface area contributed by atoms with Crippen molar-refractivity contribution in [2.75, 3.05) is 39.6 Å². The second-order valence-corrected chi connectivity index (χ2v) is 9.11. The third-order valence-corrected chi connectivity index (χ3v) is 7.14. The molecule has 2 aromatic carbocycles. The molecular formula is C25H29N3O3S. The maximum absolute atomic E-state index is 10.7. The number of aliphatic hydroxyl groups is 1. The van der Waals surface area contributed by atoms with Gasteiger partial charge in [-0.3, -0.25) is 4.90 Å². The minimum atomic E-state index is -0.511. The lowest BCUT2D eigenvalue weighted by molar-refractivity contribution is 0.122. The number of aliphatic hydroxyl groups excluding tert-OH is 1. The van der Waals surface area contributed by atoms with Crippen molar-refractivity contribution in [3.05, 3.63) is 63.6 Å². The number of rotatable bonds is 7. The predicted octanol–water partition coefficient (Wildman–Crippen LogP) is 3.19. The van der Waals surface area contributed by atoms with Gasteiger partial charge in [-0.25, -0.2) is 0 Å². The Morgan fingerprint density at radius 2 is 1.91 bits per heavy atom. The molecule has 2 N–H and O–H groups in total. The van der Waals surface area contributed by atoms with E-state index >= 15 is 0 Å². The third kappa shape index (κ3) is 4.88. The molecule has 2 aliphatic rings. The predicted molar refractivity (Wildman–Crippen MR) is 128 cm³/mol. The molecule has 0 amide bonds. The molecule has 4 rings (SSSR count). The van der Waals surface area contributed by atoms with Crippen molar-refractivity contribution in [3.63, 3.8) is 0 Å². The quantitative estimate of drug-likeness (QED) is 0.626. The minimum Gasteiger partial charge on any atom is -0.493 e.